The van der Waals surface area contributed by atoms with Crippen LogP contribution in [-0.2, 0) is 0 Å². The molecule has 0 aliphatic heterocycles. The largest absolute Gasteiger partial charge is 0.494 e. The van der Waals surface area contributed by atoms with Gasteiger partial charge in [0.15, 0.2) is 5.13 Å². The van der Waals surface area contributed by atoms with Crippen LogP contribution in [0, 0.1) is 10.1 Å². The van der Waals surface area contributed by atoms with E-state index in [0.717, 1.165) is 30.2 Å². The lowest BCUT2D eigenvalue weighted by Gasteiger charge is -2.05. The van der Waals surface area contributed by atoms with E-state index in [1.54, 1.807) is 0 Å². The second-order valence-electron chi connectivity index (χ2n) is 6.14. The average Bonchev–Trinajstić information content (AvgIpc) is 3.17. The molecule has 7 nitrogen and oxygen atoms in total. The molecule has 2 aromatic carbocycles. The number of rotatable bonds is 8. The van der Waals surface area contributed by atoms with E-state index in [1.807, 2.05) is 29.6 Å². The molecule has 1 aromatic heterocycles. The standard InChI is InChI=1S/C20H18ClN3O4S/c1-2-3-10-28-15-7-4-13(5-8-15)17-12-29-20(22-17)23-19(25)14-6-9-16(21)18(11-14)24(26)27/h4-9,11-12H,2-3,10H2,1H3,(H,22,23,25). The minimum absolute atomic E-state index is 0.0230. The van der Waals surface area contributed by atoms with E-state index in [1.165, 1.54) is 23.5 Å². The number of carbonyl (C=O) groups excluding carboxylic acids is 1. The zero-order valence-corrected chi connectivity index (χ0v) is 17.1. The second kappa shape index (κ2) is 9.49. The SMILES string of the molecule is CCCCOc1ccc(-c2csc(NC(=O)c3ccc(Cl)c([N+](=O)[O-])c3)n2)cc1. The van der Waals surface area contributed by atoms with E-state index >= 15 is 0 Å². The molecule has 0 saturated carbocycles. The number of nitro benzene ring substituents is 1. The minimum Gasteiger partial charge on any atom is -0.494 e. The normalized spacial score (nSPS) is 10.6. The van der Waals surface area contributed by atoms with Crippen molar-refractivity contribution in [1.29, 1.82) is 0 Å². The van der Waals surface area contributed by atoms with Crippen LogP contribution < -0.4 is 10.1 Å². The number of benzene rings is 2. The van der Waals surface area contributed by atoms with Gasteiger partial charge in [0.2, 0.25) is 0 Å². The van der Waals surface area contributed by atoms with Crippen LogP contribution in [0.15, 0.2) is 47.8 Å². The van der Waals surface area contributed by atoms with Crippen LogP contribution in [0.2, 0.25) is 5.02 Å². The van der Waals surface area contributed by atoms with Crippen LogP contribution in [0.25, 0.3) is 11.3 Å². The summed E-state index contributed by atoms with van der Waals surface area (Å²) in [6.45, 7) is 2.80. The first kappa shape index (κ1) is 20.8. The van der Waals surface area contributed by atoms with Crippen LogP contribution in [0.3, 0.4) is 0 Å². The summed E-state index contributed by atoms with van der Waals surface area (Å²) >= 11 is 7.05. The first-order valence-corrected chi connectivity index (χ1v) is 10.2. The lowest BCUT2D eigenvalue weighted by Crippen LogP contribution is -2.12. The summed E-state index contributed by atoms with van der Waals surface area (Å²) in [5, 5.41) is 15.8. The lowest BCUT2D eigenvalue weighted by atomic mass is 10.2. The molecule has 3 aromatic rings. The zero-order valence-electron chi connectivity index (χ0n) is 15.6. The monoisotopic (exact) mass is 431 g/mol. The fourth-order valence-corrected chi connectivity index (χ4v) is 3.38. The van der Waals surface area contributed by atoms with Crippen molar-refractivity contribution in [2.45, 2.75) is 19.8 Å². The Labute approximate surface area is 176 Å². The van der Waals surface area contributed by atoms with E-state index in [2.05, 4.69) is 17.2 Å². The number of thiazole rings is 1. The Hall–Kier alpha value is -2.97. The lowest BCUT2D eigenvalue weighted by molar-refractivity contribution is -0.384. The number of aromatic nitrogens is 1. The Balaban J connectivity index is 1.68. The number of ether oxygens (including phenoxy) is 1. The maximum atomic E-state index is 12.4. The van der Waals surface area contributed by atoms with Gasteiger partial charge in [-0.25, -0.2) is 4.98 Å². The number of nitro groups is 1. The van der Waals surface area contributed by atoms with Crippen molar-refractivity contribution >= 4 is 39.7 Å². The van der Waals surface area contributed by atoms with Crippen molar-refractivity contribution in [3.63, 3.8) is 0 Å². The van der Waals surface area contributed by atoms with Crippen molar-refractivity contribution in [2.24, 2.45) is 0 Å². The van der Waals surface area contributed by atoms with Gasteiger partial charge in [0.25, 0.3) is 11.6 Å². The first-order valence-electron chi connectivity index (χ1n) is 8.92. The van der Waals surface area contributed by atoms with Crippen molar-refractivity contribution in [2.75, 3.05) is 11.9 Å². The van der Waals surface area contributed by atoms with Gasteiger partial charge in [-0.1, -0.05) is 24.9 Å². The first-order chi connectivity index (χ1) is 14.0. The molecule has 1 N–H and O–H groups in total. The van der Waals surface area contributed by atoms with Crippen LogP contribution >= 0.6 is 22.9 Å². The fraction of sp³-hybridized carbons (Fsp3) is 0.200. The molecule has 0 saturated heterocycles. The summed E-state index contributed by atoms with van der Waals surface area (Å²) in [6, 6.07) is 11.5. The Morgan fingerprint density at radius 3 is 2.72 bits per heavy atom. The molecule has 29 heavy (non-hydrogen) atoms. The predicted octanol–water partition coefficient (Wildman–Crippen LogP) is 5.80. The minimum atomic E-state index is -0.629. The van der Waals surface area contributed by atoms with Gasteiger partial charge in [-0.15, -0.1) is 11.3 Å². The van der Waals surface area contributed by atoms with Gasteiger partial charge in [-0.3, -0.25) is 20.2 Å². The van der Waals surface area contributed by atoms with Gasteiger partial charge in [0.1, 0.15) is 10.8 Å². The summed E-state index contributed by atoms with van der Waals surface area (Å²) in [7, 11) is 0. The van der Waals surface area contributed by atoms with E-state index in [9.17, 15) is 14.9 Å². The number of nitrogens with one attached hydrogen (secondary N) is 1. The molecular formula is C20H18ClN3O4S. The predicted molar refractivity (Wildman–Crippen MR) is 114 cm³/mol. The number of carbonyl (C=O) groups is 1. The highest BCUT2D eigenvalue weighted by molar-refractivity contribution is 7.14. The maximum absolute atomic E-state index is 12.4. The molecule has 0 bridgehead atoms. The third kappa shape index (κ3) is 5.30. The van der Waals surface area contributed by atoms with Gasteiger partial charge >= 0.3 is 0 Å². The highest BCUT2D eigenvalue weighted by atomic mass is 35.5. The highest BCUT2D eigenvalue weighted by Gasteiger charge is 2.17. The number of unbranched alkanes of at least 4 members (excludes halogenated alkanes) is 1. The fourth-order valence-electron chi connectivity index (χ4n) is 2.48. The van der Waals surface area contributed by atoms with Crippen molar-refractivity contribution < 1.29 is 14.5 Å². The third-order valence-electron chi connectivity index (χ3n) is 4.05. The Morgan fingerprint density at radius 2 is 2.03 bits per heavy atom. The second-order valence-corrected chi connectivity index (χ2v) is 7.41. The van der Waals surface area contributed by atoms with Crippen molar-refractivity contribution in [1.82, 2.24) is 4.98 Å². The Bertz CT molecular complexity index is 1020. The summed E-state index contributed by atoms with van der Waals surface area (Å²) in [5.74, 6) is 0.306. The molecule has 0 aliphatic rings. The summed E-state index contributed by atoms with van der Waals surface area (Å²) in [4.78, 5) is 27.2. The molecule has 0 atom stereocenters. The van der Waals surface area contributed by atoms with Crippen LogP contribution in [-0.4, -0.2) is 22.4 Å². The van der Waals surface area contributed by atoms with Gasteiger partial charge in [-0.2, -0.15) is 0 Å². The molecule has 0 unspecified atom stereocenters. The number of nitrogens with zero attached hydrogens (tertiary/aromatic N) is 2. The van der Waals surface area contributed by atoms with E-state index < -0.39 is 10.8 Å². The maximum Gasteiger partial charge on any atom is 0.288 e. The number of halogens is 1. The number of amides is 1. The summed E-state index contributed by atoms with van der Waals surface area (Å²) < 4.78 is 5.65. The van der Waals surface area contributed by atoms with Crippen LogP contribution in [0.5, 0.6) is 5.75 Å². The quantitative estimate of drug-likeness (QED) is 0.276. The van der Waals surface area contributed by atoms with Crippen LogP contribution in [0.4, 0.5) is 10.8 Å². The number of hydrogen-bond acceptors (Lipinski definition) is 6. The zero-order chi connectivity index (χ0) is 20.8. The molecule has 3 rings (SSSR count). The van der Waals surface area contributed by atoms with Gasteiger partial charge in [0.05, 0.1) is 17.2 Å². The number of anilines is 1. The van der Waals surface area contributed by atoms with Crippen LogP contribution in [0.1, 0.15) is 30.1 Å². The molecule has 0 aliphatic carbocycles. The van der Waals surface area contributed by atoms with E-state index in [0.29, 0.717) is 17.4 Å². The van der Waals surface area contributed by atoms with Crippen molar-refractivity contribution in [3.8, 4) is 17.0 Å². The molecule has 1 amide bonds. The molecule has 0 fully saturated rings. The summed E-state index contributed by atoms with van der Waals surface area (Å²) in [6.07, 6.45) is 2.09. The Morgan fingerprint density at radius 1 is 1.28 bits per heavy atom. The average molecular weight is 432 g/mol. The van der Waals surface area contributed by atoms with Crippen molar-refractivity contribution in [3.05, 3.63) is 68.5 Å². The van der Waals surface area contributed by atoms with Gasteiger partial charge in [-0.05, 0) is 42.8 Å². The Kier molecular flexibility index (Phi) is 6.79. The highest BCUT2D eigenvalue weighted by Crippen LogP contribution is 2.28. The molecule has 0 spiro atoms. The molecular weight excluding hydrogens is 414 g/mol. The van der Waals surface area contributed by atoms with Gasteiger partial charge < -0.3 is 4.74 Å². The van der Waals surface area contributed by atoms with E-state index in [4.69, 9.17) is 16.3 Å². The molecule has 9 heteroatoms. The molecule has 150 valence electrons. The summed E-state index contributed by atoms with van der Waals surface area (Å²) in [5.41, 5.74) is 1.42. The third-order valence-corrected chi connectivity index (χ3v) is 5.12. The smallest absolute Gasteiger partial charge is 0.288 e. The van der Waals surface area contributed by atoms with E-state index in [-0.39, 0.29) is 16.3 Å². The van der Waals surface area contributed by atoms with Gasteiger partial charge in [0, 0.05) is 22.6 Å². The number of hydrogen-bond donors (Lipinski definition) is 1. The molecule has 1 heterocycles. The topological polar surface area (TPSA) is 94.4 Å². The molecule has 0 radical (unpaired) electrons.